The molecule has 6 heteroatoms. The largest absolute Gasteiger partial charge is 0.476 e. The van der Waals surface area contributed by atoms with Gasteiger partial charge in [0.15, 0.2) is 11.5 Å². The van der Waals surface area contributed by atoms with Crippen molar-refractivity contribution in [3.05, 3.63) is 66.2 Å². The Balaban J connectivity index is 1.93. The van der Waals surface area contributed by atoms with Crippen molar-refractivity contribution in [3.8, 4) is 22.8 Å². The van der Waals surface area contributed by atoms with E-state index in [0.717, 1.165) is 10.9 Å². The van der Waals surface area contributed by atoms with Gasteiger partial charge in [-0.1, -0.05) is 24.3 Å². The van der Waals surface area contributed by atoms with E-state index in [4.69, 9.17) is 4.42 Å². The number of nitrogens with one attached hydrogen (secondary N) is 1. The Morgan fingerprint density at radius 1 is 1.17 bits per heavy atom. The van der Waals surface area contributed by atoms with Crippen LogP contribution >= 0.6 is 0 Å². The molecule has 0 radical (unpaired) electrons. The van der Waals surface area contributed by atoms with Crippen LogP contribution in [0.2, 0.25) is 0 Å². The Bertz CT molecular complexity index is 1070. The Morgan fingerprint density at radius 2 is 2.00 bits per heavy atom. The van der Waals surface area contributed by atoms with Gasteiger partial charge in [0, 0.05) is 28.2 Å². The van der Waals surface area contributed by atoms with E-state index in [1.54, 1.807) is 12.3 Å². The van der Waals surface area contributed by atoms with Crippen molar-refractivity contribution in [2.45, 2.75) is 0 Å². The van der Waals surface area contributed by atoms with Crippen molar-refractivity contribution in [2.75, 3.05) is 0 Å². The molecule has 0 aliphatic heterocycles. The fourth-order valence-corrected chi connectivity index (χ4v) is 2.65. The number of oxazole rings is 1. The molecule has 2 N–H and O–H groups in total. The molecule has 0 saturated carbocycles. The van der Waals surface area contributed by atoms with Gasteiger partial charge in [-0.15, -0.1) is 0 Å². The van der Waals surface area contributed by atoms with E-state index in [0.29, 0.717) is 11.1 Å². The monoisotopic (exact) mass is 322 g/mol. The van der Waals surface area contributed by atoms with E-state index in [-0.39, 0.29) is 17.3 Å². The molecule has 118 valence electrons. The number of halogens is 1. The second-order valence-electron chi connectivity index (χ2n) is 5.26. The molecule has 0 spiro atoms. The Labute approximate surface area is 135 Å². The topological polar surface area (TPSA) is 79.1 Å². The minimum Gasteiger partial charge on any atom is -0.476 e. The minimum atomic E-state index is -1.21. The number of carboxylic acid groups (broad SMARTS) is 1. The second kappa shape index (κ2) is 5.34. The minimum absolute atomic E-state index is 0.0622. The van der Waals surface area contributed by atoms with Crippen LogP contribution in [0.3, 0.4) is 0 Å². The summed E-state index contributed by atoms with van der Waals surface area (Å²) < 4.78 is 19.1. The lowest BCUT2D eigenvalue weighted by molar-refractivity contribution is 0.0691. The van der Waals surface area contributed by atoms with Crippen LogP contribution in [-0.4, -0.2) is 21.0 Å². The molecule has 24 heavy (non-hydrogen) atoms. The first-order valence-corrected chi connectivity index (χ1v) is 7.20. The summed E-state index contributed by atoms with van der Waals surface area (Å²) >= 11 is 0. The molecule has 5 nitrogen and oxygen atoms in total. The second-order valence-corrected chi connectivity index (χ2v) is 5.26. The zero-order chi connectivity index (χ0) is 16.7. The quantitative estimate of drug-likeness (QED) is 0.588. The predicted molar refractivity (Wildman–Crippen MR) is 86.1 cm³/mol. The first kappa shape index (κ1) is 14.2. The summed E-state index contributed by atoms with van der Waals surface area (Å²) in [6.45, 7) is 0. The molecule has 0 fully saturated rings. The first-order valence-electron chi connectivity index (χ1n) is 7.20. The number of benzene rings is 2. The summed E-state index contributed by atoms with van der Waals surface area (Å²) in [4.78, 5) is 18.7. The number of nitrogens with zero attached hydrogens (tertiary/aromatic N) is 1. The van der Waals surface area contributed by atoms with Gasteiger partial charge < -0.3 is 14.5 Å². The lowest BCUT2D eigenvalue weighted by Gasteiger charge is -1.97. The molecule has 0 saturated heterocycles. The summed E-state index contributed by atoms with van der Waals surface area (Å²) in [6.07, 6.45) is 1.67. The number of carboxylic acids is 1. The number of H-pyrrole nitrogens is 1. The van der Waals surface area contributed by atoms with Crippen molar-refractivity contribution in [3.63, 3.8) is 0 Å². The SMILES string of the molecule is O=C(O)c1nc(-c2cccc(F)c2)oc1-c1c[nH]c2ccccc12. The highest BCUT2D eigenvalue weighted by Gasteiger charge is 2.23. The number of rotatable bonds is 3. The van der Waals surface area contributed by atoms with Gasteiger partial charge in [0.2, 0.25) is 5.89 Å². The molecule has 4 rings (SSSR count). The maximum Gasteiger partial charge on any atom is 0.358 e. The van der Waals surface area contributed by atoms with Gasteiger partial charge in [-0.05, 0) is 24.3 Å². The highest BCUT2D eigenvalue weighted by molar-refractivity contribution is 6.00. The van der Waals surface area contributed by atoms with Crippen LogP contribution in [0.5, 0.6) is 0 Å². The Hall–Kier alpha value is -3.41. The average molecular weight is 322 g/mol. The zero-order valence-electron chi connectivity index (χ0n) is 12.3. The fourth-order valence-electron chi connectivity index (χ4n) is 2.65. The van der Waals surface area contributed by atoms with Crippen LogP contribution in [0, 0.1) is 5.82 Å². The lowest BCUT2D eigenvalue weighted by atomic mass is 10.1. The first-order chi connectivity index (χ1) is 11.6. The molecule has 0 bridgehead atoms. The molecule has 0 aliphatic carbocycles. The van der Waals surface area contributed by atoms with E-state index >= 15 is 0 Å². The highest BCUT2D eigenvalue weighted by Crippen LogP contribution is 2.34. The highest BCUT2D eigenvalue weighted by atomic mass is 19.1. The summed E-state index contributed by atoms with van der Waals surface area (Å²) in [5.74, 6) is -1.45. The zero-order valence-corrected chi connectivity index (χ0v) is 12.3. The average Bonchev–Trinajstić information content (AvgIpc) is 3.19. The fraction of sp³-hybridized carbons (Fsp3) is 0. The van der Waals surface area contributed by atoms with Crippen molar-refractivity contribution >= 4 is 16.9 Å². The summed E-state index contributed by atoms with van der Waals surface area (Å²) in [6, 6.07) is 13.1. The van der Waals surface area contributed by atoms with Gasteiger partial charge in [0.25, 0.3) is 0 Å². The third kappa shape index (κ3) is 2.25. The van der Waals surface area contributed by atoms with Crippen LogP contribution in [0.4, 0.5) is 4.39 Å². The van der Waals surface area contributed by atoms with Gasteiger partial charge in [0.1, 0.15) is 5.82 Å². The Kier molecular flexibility index (Phi) is 3.16. The van der Waals surface area contributed by atoms with Crippen molar-refractivity contribution in [1.29, 1.82) is 0 Å². The maximum atomic E-state index is 13.4. The number of hydrogen-bond donors (Lipinski definition) is 2. The predicted octanol–water partition coefficient (Wildman–Crippen LogP) is 4.33. The third-order valence-electron chi connectivity index (χ3n) is 3.74. The number of para-hydroxylation sites is 1. The smallest absolute Gasteiger partial charge is 0.358 e. The van der Waals surface area contributed by atoms with Crippen LogP contribution in [-0.2, 0) is 0 Å². The van der Waals surface area contributed by atoms with Crippen LogP contribution < -0.4 is 0 Å². The van der Waals surface area contributed by atoms with E-state index in [2.05, 4.69) is 9.97 Å². The molecule has 0 unspecified atom stereocenters. The molecular formula is C18H11FN2O3. The van der Waals surface area contributed by atoms with Gasteiger partial charge in [-0.3, -0.25) is 0 Å². The number of carbonyl (C=O) groups is 1. The van der Waals surface area contributed by atoms with Crippen LogP contribution in [0.15, 0.2) is 59.1 Å². The van der Waals surface area contributed by atoms with E-state index < -0.39 is 11.8 Å². The summed E-state index contributed by atoms with van der Waals surface area (Å²) in [5, 5.41) is 10.3. The standard InChI is InChI=1S/C18H11FN2O3/c19-11-5-3-4-10(8-11)17-21-15(18(22)23)16(24-17)13-9-20-14-7-2-1-6-12(13)14/h1-9,20H,(H,22,23). The number of hydrogen-bond acceptors (Lipinski definition) is 3. The number of aromatic amines is 1. The molecule has 0 atom stereocenters. The third-order valence-corrected chi connectivity index (χ3v) is 3.74. The Morgan fingerprint density at radius 3 is 2.79 bits per heavy atom. The van der Waals surface area contributed by atoms with Crippen molar-refractivity contribution in [2.24, 2.45) is 0 Å². The van der Waals surface area contributed by atoms with E-state index in [1.807, 2.05) is 24.3 Å². The summed E-state index contributed by atoms with van der Waals surface area (Å²) in [7, 11) is 0. The van der Waals surface area contributed by atoms with Gasteiger partial charge in [0.05, 0.1) is 0 Å². The molecule has 0 amide bonds. The molecule has 0 aliphatic rings. The van der Waals surface area contributed by atoms with Crippen LogP contribution in [0.1, 0.15) is 10.5 Å². The number of fused-ring (bicyclic) bond motifs is 1. The molecule has 2 aromatic heterocycles. The normalized spacial score (nSPS) is 11.0. The molecule has 4 aromatic rings. The number of aromatic nitrogens is 2. The van der Waals surface area contributed by atoms with Crippen LogP contribution in [0.25, 0.3) is 33.7 Å². The maximum absolute atomic E-state index is 13.4. The van der Waals surface area contributed by atoms with Gasteiger partial charge in [-0.2, -0.15) is 0 Å². The van der Waals surface area contributed by atoms with E-state index in [9.17, 15) is 14.3 Å². The van der Waals surface area contributed by atoms with Crippen molar-refractivity contribution < 1.29 is 18.7 Å². The number of aromatic carboxylic acids is 1. The van der Waals surface area contributed by atoms with Crippen molar-refractivity contribution in [1.82, 2.24) is 9.97 Å². The van der Waals surface area contributed by atoms with Gasteiger partial charge in [-0.25, -0.2) is 14.2 Å². The van der Waals surface area contributed by atoms with E-state index in [1.165, 1.54) is 18.2 Å². The molecular weight excluding hydrogens is 311 g/mol. The summed E-state index contributed by atoms with van der Waals surface area (Å²) in [5.41, 5.74) is 1.62. The molecule has 2 heterocycles. The van der Waals surface area contributed by atoms with Gasteiger partial charge >= 0.3 is 5.97 Å². The molecule has 2 aromatic carbocycles. The lowest BCUT2D eigenvalue weighted by Crippen LogP contribution is -1.98.